The molecule has 1 N–H and O–H groups in total. The molecule has 0 amide bonds. The second-order valence-corrected chi connectivity index (χ2v) is 5.63. The summed E-state index contributed by atoms with van der Waals surface area (Å²) in [5, 5.41) is 12.6. The molecular weight excluding hydrogens is 224 g/mol. The van der Waals surface area contributed by atoms with Crippen LogP contribution < -0.4 is 5.32 Å². The number of hydrogen-bond donors (Lipinski definition) is 1. The SMILES string of the molecule is CC(C)NC(C)(C#N)CCn1ccnc1C(C)C. The number of imidazole rings is 1. The van der Waals surface area contributed by atoms with E-state index in [1.165, 1.54) is 0 Å². The van der Waals surface area contributed by atoms with Gasteiger partial charge in [-0.15, -0.1) is 0 Å². The third-order valence-corrected chi connectivity index (χ3v) is 2.97. The standard InChI is InChI=1S/C14H24N4/c1-11(2)13-16-7-9-18(13)8-6-14(5,10-15)17-12(3)4/h7,9,11-12,17H,6,8H2,1-5H3. The van der Waals surface area contributed by atoms with E-state index in [0.717, 1.165) is 18.8 Å². The molecule has 0 aliphatic heterocycles. The Morgan fingerprint density at radius 1 is 1.44 bits per heavy atom. The highest BCUT2D eigenvalue weighted by atomic mass is 15.1. The maximum absolute atomic E-state index is 9.30. The average molecular weight is 248 g/mol. The molecule has 4 heteroatoms. The second kappa shape index (κ2) is 6.01. The van der Waals surface area contributed by atoms with Crippen LogP contribution in [-0.2, 0) is 6.54 Å². The largest absolute Gasteiger partial charge is 0.335 e. The lowest BCUT2D eigenvalue weighted by Gasteiger charge is -2.26. The Labute approximate surface area is 110 Å². The normalized spacial score (nSPS) is 14.8. The van der Waals surface area contributed by atoms with E-state index in [9.17, 15) is 5.26 Å². The van der Waals surface area contributed by atoms with E-state index in [0.29, 0.717) is 12.0 Å². The van der Waals surface area contributed by atoms with Crippen LogP contribution in [0.3, 0.4) is 0 Å². The van der Waals surface area contributed by atoms with Gasteiger partial charge in [0.05, 0.1) is 6.07 Å². The van der Waals surface area contributed by atoms with E-state index in [4.69, 9.17) is 0 Å². The zero-order valence-electron chi connectivity index (χ0n) is 12.1. The van der Waals surface area contributed by atoms with E-state index in [1.807, 2.05) is 19.3 Å². The highest BCUT2D eigenvalue weighted by Gasteiger charge is 2.24. The highest BCUT2D eigenvalue weighted by molar-refractivity contribution is 5.05. The Morgan fingerprint density at radius 2 is 2.11 bits per heavy atom. The molecule has 1 aromatic heterocycles. The van der Waals surface area contributed by atoms with Crippen molar-refractivity contribution >= 4 is 0 Å². The number of aryl methyl sites for hydroxylation is 1. The number of hydrogen-bond acceptors (Lipinski definition) is 3. The summed E-state index contributed by atoms with van der Waals surface area (Å²) in [6.07, 6.45) is 4.59. The summed E-state index contributed by atoms with van der Waals surface area (Å²) in [6.45, 7) is 11.2. The first-order chi connectivity index (χ1) is 8.38. The van der Waals surface area contributed by atoms with E-state index < -0.39 is 5.54 Å². The van der Waals surface area contributed by atoms with Crippen molar-refractivity contribution in [3.63, 3.8) is 0 Å². The van der Waals surface area contributed by atoms with E-state index in [2.05, 4.69) is 48.6 Å². The lowest BCUT2D eigenvalue weighted by molar-refractivity contribution is 0.359. The van der Waals surface area contributed by atoms with Crippen LogP contribution in [0.4, 0.5) is 0 Å². The van der Waals surface area contributed by atoms with Gasteiger partial charge >= 0.3 is 0 Å². The summed E-state index contributed by atoms with van der Waals surface area (Å²) in [5.74, 6) is 1.49. The molecule has 0 spiro atoms. The van der Waals surface area contributed by atoms with Crippen LogP contribution in [0.1, 0.15) is 52.8 Å². The fourth-order valence-electron chi connectivity index (χ4n) is 2.15. The molecule has 100 valence electrons. The van der Waals surface area contributed by atoms with Crippen molar-refractivity contribution in [2.45, 2.75) is 65.1 Å². The van der Waals surface area contributed by atoms with Crippen molar-refractivity contribution in [2.75, 3.05) is 0 Å². The molecule has 1 heterocycles. The van der Waals surface area contributed by atoms with Crippen LogP contribution in [0.2, 0.25) is 0 Å². The van der Waals surface area contributed by atoms with Crippen molar-refractivity contribution in [3.8, 4) is 6.07 Å². The van der Waals surface area contributed by atoms with E-state index in [-0.39, 0.29) is 0 Å². The second-order valence-electron chi connectivity index (χ2n) is 5.63. The monoisotopic (exact) mass is 248 g/mol. The van der Waals surface area contributed by atoms with Gasteiger partial charge in [-0.1, -0.05) is 13.8 Å². The molecule has 0 fully saturated rings. The van der Waals surface area contributed by atoms with Crippen LogP contribution in [-0.4, -0.2) is 21.1 Å². The maximum atomic E-state index is 9.30. The number of nitriles is 1. The minimum Gasteiger partial charge on any atom is -0.335 e. The van der Waals surface area contributed by atoms with Gasteiger partial charge in [-0.25, -0.2) is 4.98 Å². The molecule has 1 aromatic rings. The summed E-state index contributed by atoms with van der Waals surface area (Å²) in [7, 11) is 0. The molecule has 0 aliphatic carbocycles. The van der Waals surface area contributed by atoms with Gasteiger partial charge in [0.1, 0.15) is 11.4 Å². The van der Waals surface area contributed by atoms with Gasteiger partial charge < -0.3 is 4.57 Å². The zero-order chi connectivity index (χ0) is 13.8. The third-order valence-electron chi connectivity index (χ3n) is 2.97. The Morgan fingerprint density at radius 3 is 2.61 bits per heavy atom. The molecule has 0 saturated carbocycles. The third kappa shape index (κ3) is 3.85. The molecule has 1 unspecified atom stereocenters. The molecule has 0 saturated heterocycles. The molecule has 1 atom stereocenters. The summed E-state index contributed by atoms with van der Waals surface area (Å²) < 4.78 is 2.14. The molecule has 0 aliphatic rings. The van der Waals surface area contributed by atoms with E-state index in [1.54, 1.807) is 0 Å². The van der Waals surface area contributed by atoms with E-state index >= 15 is 0 Å². The van der Waals surface area contributed by atoms with Gasteiger partial charge in [0.2, 0.25) is 0 Å². The number of nitrogens with zero attached hydrogens (tertiary/aromatic N) is 3. The van der Waals surface area contributed by atoms with Gasteiger partial charge in [0.25, 0.3) is 0 Å². The smallest absolute Gasteiger partial charge is 0.111 e. The first-order valence-corrected chi connectivity index (χ1v) is 6.58. The zero-order valence-corrected chi connectivity index (χ0v) is 12.1. The summed E-state index contributed by atoms with van der Waals surface area (Å²) in [6, 6.07) is 2.68. The topological polar surface area (TPSA) is 53.6 Å². The van der Waals surface area contributed by atoms with Gasteiger partial charge in [-0.3, -0.25) is 5.32 Å². The molecular formula is C14H24N4. The van der Waals surface area contributed by atoms with Crippen molar-refractivity contribution in [1.29, 1.82) is 5.26 Å². The quantitative estimate of drug-likeness (QED) is 0.842. The van der Waals surface area contributed by atoms with Crippen molar-refractivity contribution in [2.24, 2.45) is 0 Å². The molecule has 4 nitrogen and oxygen atoms in total. The van der Waals surface area contributed by atoms with Crippen molar-refractivity contribution in [1.82, 2.24) is 14.9 Å². The van der Waals surface area contributed by atoms with Crippen LogP contribution in [0.25, 0.3) is 0 Å². The fourth-order valence-corrected chi connectivity index (χ4v) is 2.15. The predicted molar refractivity (Wildman–Crippen MR) is 73.2 cm³/mol. The molecule has 0 aromatic carbocycles. The van der Waals surface area contributed by atoms with Crippen molar-refractivity contribution in [3.05, 3.63) is 18.2 Å². The summed E-state index contributed by atoms with van der Waals surface area (Å²) >= 11 is 0. The molecule has 0 bridgehead atoms. The average Bonchev–Trinajstić information content (AvgIpc) is 2.74. The Kier molecular flexibility index (Phi) is 4.92. The lowest BCUT2D eigenvalue weighted by Crippen LogP contribution is -2.45. The van der Waals surface area contributed by atoms with Crippen LogP contribution in [0, 0.1) is 11.3 Å². The maximum Gasteiger partial charge on any atom is 0.111 e. The molecule has 0 radical (unpaired) electrons. The number of rotatable bonds is 6. The molecule has 1 rings (SSSR count). The Balaban J connectivity index is 2.69. The van der Waals surface area contributed by atoms with Crippen LogP contribution >= 0.6 is 0 Å². The van der Waals surface area contributed by atoms with Gasteiger partial charge in [0.15, 0.2) is 0 Å². The predicted octanol–water partition coefficient (Wildman–Crippen LogP) is 2.68. The van der Waals surface area contributed by atoms with Gasteiger partial charge in [-0.2, -0.15) is 5.26 Å². The summed E-state index contributed by atoms with van der Waals surface area (Å²) in [4.78, 5) is 4.36. The van der Waals surface area contributed by atoms with Gasteiger partial charge in [0, 0.05) is 30.9 Å². The summed E-state index contributed by atoms with van der Waals surface area (Å²) in [5.41, 5.74) is -0.479. The van der Waals surface area contributed by atoms with Crippen LogP contribution in [0.5, 0.6) is 0 Å². The number of aromatic nitrogens is 2. The van der Waals surface area contributed by atoms with Gasteiger partial charge in [-0.05, 0) is 27.2 Å². The fraction of sp³-hybridized carbons (Fsp3) is 0.714. The first-order valence-electron chi connectivity index (χ1n) is 6.58. The minimum absolute atomic E-state index is 0.307. The Hall–Kier alpha value is -1.34. The van der Waals surface area contributed by atoms with Crippen molar-refractivity contribution < 1.29 is 0 Å². The minimum atomic E-state index is -0.479. The molecule has 18 heavy (non-hydrogen) atoms. The van der Waals surface area contributed by atoms with Crippen LogP contribution in [0.15, 0.2) is 12.4 Å². The lowest BCUT2D eigenvalue weighted by atomic mass is 9.98. The number of nitrogens with one attached hydrogen (secondary N) is 1. The first kappa shape index (κ1) is 14.7. The Bertz CT molecular complexity index is 414. The highest BCUT2D eigenvalue weighted by Crippen LogP contribution is 2.16.